The number of aromatic nitrogens is 2. The van der Waals surface area contributed by atoms with E-state index in [2.05, 4.69) is 14.7 Å². The molecule has 0 fully saturated rings. The number of nitrogens with two attached hydrogens (primary N) is 1. The summed E-state index contributed by atoms with van der Waals surface area (Å²) in [5.74, 6) is 0.615. The zero-order valence-electron chi connectivity index (χ0n) is 10.8. The van der Waals surface area contributed by atoms with Gasteiger partial charge in [0.1, 0.15) is 5.82 Å². The van der Waals surface area contributed by atoms with E-state index in [4.69, 9.17) is 5.73 Å². The van der Waals surface area contributed by atoms with Crippen LogP contribution in [0.15, 0.2) is 35.5 Å². The molecule has 0 atom stereocenters. The van der Waals surface area contributed by atoms with Crippen LogP contribution in [0.25, 0.3) is 0 Å². The summed E-state index contributed by atoms with van der Waals surface area (Å²) in [6.07, 6.45) is 3.51. The second-order valence-electron chi connectivity index (χ2n) is 4.17. The number of rotatable bonds is 6. The Morgan fingerprint density at radius 3 is 2.81 bits per heavy atom. The molecule has 0 radical (unpaired) electrons. The van der Waals surface area contributed by atoms with Crippen LogP contribution in [-0.2, 0) is 16.4 Å². The fraction of sp³-hybridized carbons (Fsp3) is 0.182. The minimum Gasteiger partial charge on any atom is -0.399 e. The van der Waals surface area contributed by atoms with E-state index in [-0.39, 0.29) is 12.2 Å². The predicted molar refractivity (Wildman–Crippen MR) is 75.0 cm³/mol. The molecule has 0 bridgehead atoms. The molecule has 10 heteroatoms. The Morgan fingerprint density at radius 1 is 1.43 bits per heavy atom. The first-order valence-corrected chi connectivity index (χ1v) is 7.40. The number of anilines is 1. The van der Waals surface area contributed by atoms with Gasteiger partial charge in [-0.1, -0.05) is 0 Å². The molecule has 1 aromatic heterocycles. The van der Waals surface area contributed by atoms with E-state index >= 15 is 0 Å². The summed E-state index contributed by atoms with van der Waals surface area (Å²) in [6.45, 7) is 0.0668. The van der Waals surface area contributed by atoms with Crippen molar-refractivity contribution in [2.45, 2.75) is 11.3 Å². The van der Waals surface area contributed by atoms with Gasteiger partial charge in [-0.3, -0.25) is 10.1 Å². The van der Waals surface area contributed by atoms with Crippen LogP contribution in [0, 0.1) is 10.1 Å². The van der Waals surface area contributed by atoms with Crippen LogP contribution in [0.5, 0.6) is 0 Å². The van der Waals surface area contributed by atoms with Gasteiger partial charge in [-0.2, -0.15) is 0 Å². The smallest absolute Gasteiger partial charge is 0.291 e. The second kappa shape index (κ2) is 5.89. The van der Waals surface area contributed by atoms with Gasteiger partial charge in [-0.05, 0) is 12.1 Å². The van der Waals surface area contributed by atoms with Crippen molar-refractivity contribution in [3.8, 4) is 0 Å². The van der Waals surface area contributed by atoms with Crippen molar-refractivity contribution in [1.29, 1.82) is 0 Å². The average Bonchev–Trinajstić information content (AvgIpc) is 2.91. The fourth-order valence-electron chi connectivity index (χ4n) is 1.72. The van der Waals surface area contributed by atoms with Gasteiger partial charge in [-0.15, -0.1) is 0 Å². The molecule has 0 saturated heterocycles. The highest BCUT2D eigenvalue weighted by Crippen LogP contribution is 2.25. The molecule has 0 aliphatic heterocycles. The van der Waals surface area contributed by atoms with Gasteiger partial charge in [0.05, 0.1) is 4.92 Å². The number of aromatic amines is 1. The largest absolute Gasteiger partial charge is 0.399 e. The Kier molecular flexibility index (Phi) is 4.19. The normalized spacial score (nSPS) is 11.4. The highest BCUT2D eigenvalue weighted by molar-refractivity contribution is 7.89. The van der Waals surface area contributed by atoms with Gasteiger partial charge in [0.15, 0.2) is 4.90 Å². The molecular formula is C11H13N5O4S. The Labute approximate surface area is 120 Å². The van der Waals surface area contributed by atoms with Crippen molar-refractivity contribution >= 4 is 21.4 Å². The van der Waals surface area contributed by atoms with E-state index in [0.717, 1.165) is 12.1 Å². The molecule has 1 heterocycles. The third-order valence-corrected chi connectivity index (χ3v) is 4.19. The fourth-order valence-corrected chi connectivity index (χ4v) is 2.90. The first-order valence-electron chi connectivity index (χ1n) is 5.92. The van der Waals surface area contributed by atoms with E-state index in [9.17, 15) is 18.5 Å². The van der Waals surface area contributed by atoms with Crippen molar-refractivity contribution in [2.75, 3.05) is 12.3 Å². The highest BCUT2D eigenvalue weighted by Gasteiger charge is 2.25. The molecule has 0 saturated carbocycles. The van der Waals surface area contributed by atoms with E-state index < -0.39 is 25.5 Å². The lowest BCUT2D eigenvalue weighted by molar-refractivity contribution is -0.387. The number of hydrogen-bond acceptors (Lipinski definition) is 6. The van der Waals surface area contributed by atoms with Gasteiger partial charge < -0.3 is 10.7 Å². The molecule has 0 aliphatic rings. The van der Waals surface area contributed by atoms with E-state index in [1.165, 1.54) is 6.07 Å². The van der Waals surface area contributed by atoms with Crippen molar-refractivity contribution in [3.05, 3.63) is 46.5 Å². The number of nitrogens with one attached hydrogen (secondary N) is 2. The molecule has 0 spiro atoms. The van der Waals surface area contributed by atoms with Crippen LogP contribution >= 0.6 is 0 Å². The molecule has 2 rings (SSSR count). The molecule has 0 unspecified atom stereocenters. The highest BCUT2D eigenvalue weighted by atomic mass is 32.2. The van der Waals surface area contributed by atoms with Crippen molar-refractivity contribution in [3.63, 3.8) is 0 Å². The van der Waals surface area contributed by atoms with Gasteiger partial charge in [0, 0.05) is 37.1 Å². The van der Waals surface area contributed by atoms with Gasteiger partial charge in [-0.25, -0.2) is 18.1 Å². The number of hydrogen-bond donors (Lipinski definition) is 3. The summed E-state index contributed by atoms with van der Waals surface area (Å²) in [6, 6.07) is 3.43. The summed E-state index contributed by atoms with van der Waals surface area (Å²) in [5, 5.41) is 10.9. The first kappa shape index (κ1) is 14.9. The molecule has 0 amide bonds. The van der Waals surface area contributed by atoms with Crippen molar-refractivity contribution in [1.82, 2.24) is 14.7 Å². The van der Waals surface area contributed by atoms with E-state index in [1.807, 2.05) is 0 Å². The minimum atomic E-state index is -3.99. The third kappa shape index (κ3) is 3.55. The van der Waals surface area contributed by atoms with Crippen LogP contribution in [0.1, 0.15) is 5.82 Å². The van der Waals surface area contributed by atoms with Crippen LogP contribution in [0.4, 0.5) is 11.4 Å². The molecular weight excluding hydrogens is 298 g/mol. The monoisotopic (exact) mass is 311 g/mol. The van der Waals surface area contributed by atoms with Gasteiger partial charge >= 0.3 is 0 Å². The zero-order valence-corrected chi connectivity index (χ0v) is 11.6. The maximum Gasteiger partial charge on any atom is 0.291 e. The molecule has 21 heavy (non-hydrogen) atoms. The number of sulfonamides is 1. The molecule has 112 valence electrons. The second-order valence-corrected chi connectivity index (χ2v) is 5.90. The number of nitro benzene ring substituents is 1. The summed E-state index contributed by atoms with van der Waals surface area (Å²) < 4.78 is 26.5. The minimum absolute atomic E-state index is 0.0668. The van der Waals surface area contributed by atoms with Crippen molar-refractivity contribution < 1.29 is 13.3 Å². The predicted octanol–water partition coefficient (Wildman–Crippen LogP) is 0.421. The molecule has 1 aromatic carbocycles. The summed E-state index contributed by atoms with van der Waals surface area (Å²) in [5.41, 5.74) is 5.01. The Balaban J connectivity index is 2.17. The number of nitro groups is 1. The lowest BCUT2D eigenvalue weighted by Gasteiger charge is -2.07. The molecule has 0 aliphatic carbocycles. The Bertz CT molecular complexity index is 742. The molecule has 2 aromatic rings. The number of benzene rings is 1. The maximum absolute atomic E-state index is 12.1. The van der Waals surface area contributed by atoms with Crippen LogP contribution < -0.4 is 10.5 Å². The number of imidazole rings is 1. The third-order valence-electron chi connectivity index (χ3n) is 2.68. The number of H-pyrrole nitrogens is 1. The SMILES string of the molecule is Nc1ccc(S(=O)(=O)NCCc2ncc[nH]2)c([N+](=O)[O-])c1. The topological polar surface area (TPSA) is 144 Å². The molecule has 9 nitrogen and oxygen atoms in total. The number of nitrogens with zero attached hydrogens (tertiary/aromatic N) is 2. The van der Waals surface area contributed by atoms with Crippen LogP contribution in [0.2, 0.25) is 0 Å². The molecule has 4 N–H and O–H groups in total. The maximum atomic E-state index is 12.1. The van der Waals surface area contributed by atoms with Crippen LogP contribution in [-0.4, -0.2) is 29.9 Å². The standard InChI is InChI=1S/C11H13N5O4S/c12-8-1-2-10(9(7-8)16(17)18)21(19,20)15-4-3-11-13-5-6-14-11/h1-2,5-7,15H,3-4,12H2,(H,13,14). The Morgan fingerprint density at radius 2 is 2.19 bits per heavy atom. The Hall–Kier alpha value is -2.46. The van der Waals surface area contributed by atoms with Crippen LogP contribution in [0.3, 0.4) is 0 Å². The lowest BCUT2D eigenvalue weighted by atomic mass is 10.3. The average molecular weight is 311 g/mol. The zero-order chi connectivity index (χ0) is 15.5. The van der Waals surface area contributed by atoms with Gasteiger partial charge in [0.25, 0.3) is 5.69 Å². The lowest BCUT2D eigenvalue weighted by Crippen LogP contribution is -2.27. The number of nitrogen functional groups attached to an aromatic ring is 1. The quantitative estimate of drug-likeness (QED) is 0.400. The first-order chi connectivity index (χ1) is 9.90. The van der Waals surface area contributed by atoms with Gasteiger partial charge in [0.2, 0.25) is 10.0 Å². The summed E-state index contributed by atoms with van der Waals surface area (Å²) >= 11 is 0. The summed E-state index contributed by atoms with van der Waals surface area (Å²) in [4.78, 5) is 16.5. The van der Waals surface area contributed by atoms with Crippen molar-refractivity contribution in [2.24, 2.45) is 0 Å². The van der Waals surface area contributed by atoms with E-state index in [0.29, 0.717) is 12.2 Å². The summed E-state index contributed by atoms with van der Waals surface area (Å²) in [7, 11) is -3.99. The van der Waals surface area contributed by atoms with E-state index in [1.54, 1.807) is 12.4 Å².